The number of H-pyrrole nitrogens is 1. The SMILES string of the molecule is Cc1ccc(-n2c(=O)[nH]c3cccc(C)c32)o1. The van der Waals surface area contributed by atoms with Crippen molar-refractivity contribution in [2.24, 2.45) is 0 Å². The molecule has 0 fully saturated rings. The third-order valence-electron chi connectivity index (χ3n) is 2.85. The molecule has 17 heavy (non-hydrogen) atoms. The van der Waals surface area contributed by atoms with Gasteiger partial charge in [-0.2, -0.15) is 0 Å². The number of imidazole rings is 1. The maximum atomic E-state index is 11.9. The summed E-state index contributed by atoms with van der Waals surface area (Å²) in [6.07, 6.45) is 0. The Morgan fingerprint density at radius 2 is 2.00 bits per heavy atom. The van der Waals surface area contributed by atoms with E-state index in [1.165, 1.54) is 0 Å². The van der Waals surface area contributed by atoms with E-state index in [9.17, 15) is 4.79 Å². The zero-order valence-electron chi connectivity index (χ0n) is 9.65. The molecule has 2 heterocycles. The molecule has 4 heteroatoms. The fourth-order valence-electron chi connectivity index (χ4n) is 2.08. The van der Waals surface area contributed by atoms with Gasteiger partial charge >= 0.3 is 5.69 Å². The second-order valence-corrected chi connectivity index (χ2v) is 4.12. The molecule has 3 aromatic rings. The molecule has 0 bridgehead atoms. The van der Waals surface area contributed by atoms with Crippen molar-refractivity contribution in [2.75, 3.05) is 0 Å². The number of aryl methyl sites for hydroxylation is 2. The maximum Gasteiger partial charge on any atom is 0.333 e. The topological polar surface area (TPSA) is 50.9 Å². The van der Waals surface area contributed by atoms with Gasteiger partial charge in [0.2, 0.25) is 5.88 Å². The van der Waals surface area contributed by atoms with Gasteiger partial charge < -0.3 is 9.40 Å². The van der Waals surface area contributed by atoms with Crippen LogP contribution in [0, 0.1) is 13.8 Å². The van der Waals surface area contributed by atoms with Crippen LogP contribution in [0.3, 0.4) is 0 Å². The number of benzene rings is 1. The van der Waals surface area contributed by atoms with Crippen LogP contribution >= 0.6 is 0 Å². The van der Waals surface area contributed by atoms with Crippen LogP contribution in [0.15, 0.2) is 39.5 Å². The Balaban J connectivity index is 2.43. The van der Waals surface area contributed by atoms with Crippen molar-refractivity contribution in [3.8, 4) is 5.88 Å². The van der Waals surface area contributed by atoms with Gasteiger partial charge in [0.1, 0.15) is 5.76 Å². The van der Waals surface area contributed by atoms with Crippen LogP contribution in [0.4, 0.5) is 0 Å². The number of furan rings is 1. The average Bonchev–Trinajstić information content (AvgIpc) is 2.82. The van der Waals surface area contributed by atoms with Gasteiger partial charge in [0.05, 0.1) is 11.0 Å². The Kier molecular flexibility index (Phi) is 1.98. The molecular formula is C13H12N2O2. The van der Waals surface area contributed by atoms with E-state index in [1.54, 1.807) is 10.6 Å². The zero-order valence-corrected chi connectivity index (χ0v) is 9.65. The molecule has 4 nitrogen and oxygen atoms in total. The van der Waals surface area contributed by atoms with Gasteiger partial charge in [-0.05, 0) is 31.5 Å². The molecule has 0 aliphatic rings. The highest BCUT2D eigenvalue weighted by Crippen LogP contribution is 2.20. The first-order valence-electron chi connectivity index (χ1n) is 5.44. The number of para-hydroxylation sites is 1. The van der Waals surface area contributed by atoms with E-state index in [1.807, 2.05) is 38.1 Å². The highest BCUT2D eigenvalue weighted by Gasteiger charge is 2.12. The van der Waals surface area contributed by atoms with Crippen molar-refractivity contribution in [3.05, 3.63) is 52.1 Å². The van der Waals surface area contributed by atoms with Crippen LogP contribution < -0.4 is 5.69 Å². The summed E-state index contributed by atoms with van der Waals surface area (Å²) in [6, 6.07) is 9.43. The van der Waals surface area contributed by atoms with Crippen molar-refractivity contribution in [1.29, 1.82) is 0 Å². The number of nitrogens with one attached hydrogen (secondary N) is 1. The van der Waals surface area contributed by atoms with Crippen LogP contribution in [0.1, 0.15) is 11.3 Å². The highest BCUT2D eigenvalue weighted by atomic mass is 16.4. The van der Waals surface area contributed by atoms with Crippen LogP contribution in [-0.2, 0) is 0 Å². The number of hydrogen-bond acceptors (Lipinski definition) is 2. The zero-order chi connectivity index (χ0) is 12.0. The maximum absolute atomic E-state index is 11.9. The molecule has 0 unspecified atom stereocenters. The van der Waals surface area contributed by atoms with E-state index >= 15 is 0 Å². The summed E-state index contributed by atoms with van der Waals surface area (Å²) in [6.45, 7) is 3.83. The van der Waals surface area contributed by atoms with Crippen LogP contribution in [0.25, 0.3) is 16.9 Å². The molecule has 2 aromatic heterocycles. The fraction of sp³-hybridized carbons (Fsp3) is 0.154. The lowest BCUT2D eigenvalue weighted by atomic mass is 10.2. The monoisotopic (exact) mass is 228 g/mol. The Morgan fingerprint density at radius 1 is 1.18 bits per heavy atom. The number of rotatable bonds is 1. The van der Waals surface area contributed by atoms with E-state index in [0.717, 1.165) is 22.4 Å². The number of hydrogen-bond donors (Lipinski definition) is 1. The normalized spacial score (nSPS) is 11.2. The summed E-state index contributed by atoms with van der Waals surface area (Å²) in [7, 11) is 0. The lowest BCUT2D eigenvalue weighted by molar-refractivity contribution is 0.510. The Labute approximate surface area is 97.5 Å². The molecule has 1 N–H and O–H groups in total. The summed E-state index contributed by atoms with van der Waals surface area (Å²) in [5.41, 5.74) is 2.55. The van der Waals surface area contributed by atoms with Gasteiger partial charge in [-0.15, -0.1) is 0 Å². The number of nitrogens with zero attached hydrogens (tertiary/aromatic N) is 1. The van der Waals surface area contributed by atoms with Gasteiger partial charge in [-0.3, -0.25) is 0 Å². The predicted molar refractivity (Wildman–Crippen MR) is 65.6 cm³/mol. The van der Waals surface area contributed by atoms with Crippen molar-refractivity contribution < 1.29 is 4.42 Å². The molecule has 0 aliphatic heterocycles. The average molecular weight is 228 g/mol. The van der Waals surface area contributed by atoms with E-state index in [0.29, 0.717) is 5.88 Å². The molecule has 0 spiro atoms. The minimum Gasteiger partial charge on any atom is -0.445 e. The third kappa shape index (κ3) is 1.41. The minimum atomic E-state index is -0.177. The smallest absolute Gasteiger partial charge is 0.333 e. The fourth-order valence-corrected chi connectivity index (χ4v) is 2.08. The second-order valence-electron chi connectivity index (χ2n) is 4.12. The summed E-state index contributed by atoms with van der Waals surface area (Å²) < 4.78 is 7.08. The first-order chi connectivity index (χ1) is 8.16. The minimum absolute atomic E-state index is 0.177. The van der Waals surface area contributed by atoms with Crippen molar-refractivity contribution in [2.45, 2.75) is 13.8 Å². The molecule has 0 atom stereocenters. The highest BCUT2D eigenvalue weighted by molar-refractivity contribution is 5.80. The molecule has 86 valence electrons. The van der Waals surface area contributed by atoms with Crippen LogP contribution in [0.2, 0.25) is 0 Å². The molecule has 0 radical (unpaired) electrons. The molecule has 0 aliphatic carbocycles. The molecule has 0 saturated heterocycles. The quantitative estimate of drug-likeness (QED) is 0.695. The lowest BCUT2D eigenvalue weighted by Crippen LogP contribution is -2.14. The van der Waals surface area contributed by atoms with Crippen molar-refractivity contribution in [3.63, 3.8) is 0 Å². The largest absolute Gasteiger partial charge is 0.445 e. The standard InChI is InChI=1S/C13H12N2O2/c1-8-4-3-5-10-12(8)15(13(16)14-10)11-7-6-9(2)17-11/h3-7H,1-2H3,(H,14,16). The number of fused-ring (bicyclic) bond motifs is 1. The molecule has 3 rings (SSSR count). The second kappa shape index (κ2) is 3.38. The summed E-state index contributed by atoms with van der Waals surface area (Å²) in [5, 5.41) is 0. The molecular weight excluding hydrogens is 216 g/mol. The van der Waals surface area contributed by atoms with Gasteiger partial charge in [0, 0.05) is 6.07 Å². The van der Waals surface area contributed by atoms with Gasteiger partial charge in [-0.25, -0.2) is 9.36 Å². The summed E-state index contributed by atoms with van der Waals surface area (Å²) >= 11 is 0. The summed E-state index contributed by atoms with van der Waals surface area (Å²) in [5.74, 6) is 1.34. The molecule has 1 aromatic carbocycles. The Bertz CT molecular complexity index is 746. The van der Waals surface area contributed by atoms with Gasteiger partial charge in [0.15, 0.2) is 0 Å². The number of aromatic amines is 1. The Morgan fingerprint density at radius 3 is 2.71 bits per heavy atom. The first kappa shape index (κ1) is 9.96. The van der Waals surface area contributed by atoms with E-state index in [-0.39, 0.29) is 5.69 Å². The van der Waals surface area contributed by atoms with Crippen molar-refractivity contribution >= 4 is 11.0 Å². The van der Waals surface area contributed by atoms with Crippen LogP contribution in [0.5, 0.6) is 0 Å². The van der Waals surface area contributed by atoms with Gasteiger partial charge in [-0.1, -0.05) is 12.1 Å². The lowest BCUT2D eigenvalue weighted by Gasteiger charge is -2.01. The third-order valence-corrected chi connectivity index (χ3v) is 2.85. The van der Waals surface area contributed by atoms with E-state index in [4.69, 9.17) is 4.42 Å². The predicted octanol–water partition coefficient (Wildman–Crippen LogP) is 2.53. The van der Waals surface area contributed by atoms with E-state index in [2.05, 4.69) is 4.98 Å². The summed E-state index contributed by atoms with van der Waals surface area (Å²) in [4.78, 5) is 14.8. The van der Waals surface area contributed by atoms with Crippen LogP contribution in [-0.4, -0.2) is 9.55 Å². The number of aromatic nitrogens is 2. The molecule has 0 amide bonds. The van der Waals surface area contributed by atoms with Crippen molar-refractivity contribution in [1.82, 2.24) is 9.55 Å². The molecule has 0 saturated carbocycles. The van der Waals surface area contributed by atoms with E-state index < -0.39 is 0 Å². The Hall–Kier alpha value is -2.23. The first-order valence-corrected chi connectivity index (χ1v) is 5.44. The van der Waals surface area contributed by atoms with Gasteiger partial charge in [0.25, 0.3) is 0 Å².